The summed E-state index contributed by atoms with van der Waals surface area (Å²) in [7, 11) is 1.58. The fourth-order valence-corrected chi connectivity index (χ4v) is 3.95. The zero-order chi connectivity index (χ0) is 18.5. The van der Waals surface area contributed by atoms with Crippen LogP contribution in [0.2, 0.25) is 0 Å². The van der Waals surface area contributed by atoms with Gasteiger partial charge >= 0.3 is 0 Å². The lowest BCUT2D eigenvalue weighted by Gasteiger charge is -2.35. The van der Waals surface area contributed by atoms with Crippen LogP contribution >= 0.6 is 0 Å². The van der Waals surface area contributed by atoms with E-state index >= 15 is 0 Å². The minimum atomic E-state index is -0.382. The number of non-ortho nitro benzene ring substituents is 1. The van der Waals surface area contributed by atoms with Crippen LogP contribution in [-0.4, -0.2) is 53.9 Å². The van der Waals surface area contributed by atoms with Crippen LogP contribution in [0.3, 0.4) is 0 Å². The topological polar surface area (TPSA) is 75.9 Å². The average molecular weight is 361 g/mol. The number of ether oxygens (including phenoxy) is 1. The van der Waals surface area contributed by atoms with Crippen molar-refractivity contribution >= 4 is 11.6 Å². The van der Waals surface area contributed by atoms with Gasteiger partial charge in [-0.1, -0.05) is 0 Å². The lowest BCUT2D eigenvalue weighted by Crippen LogP contribution is -2.44. The van der Waals surface area contributed by atoms with E-state index < -0.39 is 0 Å². The number of nitro benzene ring substituents is 1. The highest BCUT2D eigenvalue weighted by Crippen LogP contribution is 2.28. The summed E-state index contributed by atoms with van der Waals surface area (Å²) >= 11 is 0. The minimum absolute atomic E-state index is 0.0796. The summed E-state index contributed by atoms with van der Waals surface area (Å²) in [4.78, 5) is 27.6. The largest absolute Gasteiger partial charge is 0.496 e. The maximum absolute atomic E-state index is 12.7. The lowest BCUT2D eigenvalue weighted by molar-refractivity contribution is -0.385. The van der Waals surface area contributed by atoms with Crippen LogP contribution in [0.25, 0.3) is 0 Å². The van der Waals surface area contributed by atoms with Crippen LogP contribution in [-0.2, 0) is 11.3 Å². The summed E-state index contributed by atoms with van der Waals surface area (Å²) in [5, 5.41) is 11.0. The van der Waals surface area contributed by atoms with Gasteiger partial charge in [0.05, 0.1) is 12.0 Å². The molecule has 1 amide bonds. The number of carbonyl (C=O) groups excluding carboxylic acids is 1. The number of nitrogens with zero attached hydrogens (tertiary/aromatic N) is 3. The fraction of sp³-hybridized carbons (Fsp3) is 0.632. The standard InChI is InChI=1S/C19H27N3O4/c1-26-18-6-5-17(22(24)25)13-16(18)14-20-11-7-15(8-12-20)19(23)21-9-3-2-4-10-21/h5-6,13,15H,2-4,7-12,14H2,1H3. The molecule has 0 saturated carbocycles. The molecular formula is C19H27N3O4. The Kier molecular flexibility index (Phi) is 6.08. The van der Waals surface area contributed by atoms with Crippen molar-refractivity contribution in [2.75, 3.05) is 33.3 Å². The summed E-state index contributed by atoms with van der Waals surface area (Å²) in [6.07, 6.45) is 5.18. The molecule has 2 heterocycles. The van der Waals surface area contributed by atoms with E-state index in [4.69, 9.17) is 4.74 Å². The molecule has 0 bridgehead atoms. The first kappa shape index (κ1) is 18.6. The molecule has 0 spiro atoms. The Morgan fingerprint density at radius 3 is 2.50 bits per heavy atom. The van der Waals surface area contributed by atoms with Gasteiger partial charge in [-0.05, 0) is 51.3 Å². The maximum atomic E-state index is 12.7. The van der Waals surface area contributed by atoms with E-state index in [0.29, 0.717) is 18.2 Å². The summed E-state index contributed by atoms with van der Waals surface area (Å²) in [6, 6.07) is 4.70. The van der Waals surface area contributed by atoms with E-state index in [2.05, 4.69) is 4.90 Å². The first-order chi connectivity index (χ1) is 12.6. The van der Waals surface area contributed by atoms with Crippen molar-refractivity contribution in [1.29, 1.82) is 0 Å². The fourth-order valence-electron chi connectivity index (χ4n) is 3.95. The van der Waals surface area contributed by atoms with Gasteiger partial charge in [0.15, 0.2) is 0 Å². The second kappa shape index (κ2) is 8.49. The molecule has 2 aliphatic heterocycles. The predicted octanol–water partition coefficient (Wildman–Crippen LogP) is 2.83. The third kappa shape index (κ3) is 4.33. The number of benzene rings is 1. The van der Waals surface area contributed by atoms with Gasteiger partial charge in [0.25, 0.3) is 5.69 Å². The second-order valence-electron chi connectivity index (χ2n) is 7.19. The van der Waals surface area contributed by atoms with Gasteiger partial charge in [0.2, 0.25) is 5.91 Å². The number of likely N-dealkylation sites (tertiary alicyclic amines) is 2. The lowest BCUT2D eigenvalue weighted by atomic mass is 9.94. The van der Waals surface area contributed by atoms with E-state index in [-0.39, 0.29) is 16.5 Å². The van der Waals surface area contributed by atoms with E-state index in [0.717, 1.165) is 57.4 Å². The Morgan fingerprint density at radius 2 is 1.88 bits per heavy atom. The molecule has 2 saturated heterocycles. The van der Waals surface area contributed by atoms with Crippen molar-refractivity contribution in [2.24, 2.45) is 5.92 Å². The van der Waals surface area contributed by atoms with Crippen molar-refractivity contribution in [3.63, 3.8) is 0 Å². The molecule has 7 heteroatoms. The van der Waals surface area contributed by atoms with Gasteiger partial charge in [0, 0.05) is 43.2 Å². The number of methoxy groups -OCH3 is 1. The van der Waals surface area contributed by atoms with E-state index in [9.17, 15) is 14.9 Å². The molecule has 0 atom stereocenters. The van der Waals surface area contributed by atoms with Crippen LogP contribution < -0.4 is 4.74 Å². The molecule has 142 valence electrons. The summed E-state index contributed by atoms with van der Waals surface area (Å²) < 4.78 is 5.35. The Bertz CT molecular complexity index is 650. The minimum Gasteiger partial charge on any atom is -0.496 e. The van der Waals surface area contributed by atoms with Gasteiger partial charge in [-0.3, -0.25) is 19.8 Å². The molecule has 1 aromatic rings. The Hall–Kier alpha value is -2.15. The summed E-state index contributed by atoms with van der Waals surface area (Å²) in [5.74, 6) is 1.11. The molecule has 3 rings (SSSR count). The number of carbonyl (C=O) groups is 1. The number of rotatable bonds is 5. The molecule has 26 heavy (non-hydrogen) atoms. The smallest absolute Gasteiger partial charge is 0.270 e. The van der Waals surface area contributed by atoms with Crippen molar-refractivity contribution in [2.45, 2.75) is 38.6 Å². The third-order valence-electron chi connectivity index (χ3n) is 5.47. The van der Waals surface area contributed by atoms with E-state index in [1.165, 1.54) is 12.5 Å². The highest BCUT2D eigenvalue weighted by atomic mass is 16.6. The van der Waals surface area contributed by atoms with Gasteiger partial charge in [-0.2, -0.15) is 0 Å². The molecular weight excluding hydrogens is 334 g/mol. The number of nitro groups is 1. The van der Waals surface area contributed by atoms with Crippen LogP contribution in [0.1, 0.15) is 37.7 Å². The molecule has 0 radical (unpaired) electrons. The molecule has 2 aliphatic rings. The highest BCUT2D eigenvalue weighted by molar-refractivity contribution is 5.79. The summed E-state index contributed by atoms with van der Waals surface area (Å²) in [6.45, 7) is 4.08. The Balaban J connectivity index is 1.57. The normalized spacial score (nSPS) is 19.3. The van der Waals surface area contributed by atoms with E-state index in [1.54, 1.807) is 19.2 Å². The molecule has 0 unspecified atom stereocenters. The van der Waals surface area contributed by atoms with Crippen molar-refractivity contribution < 1.29 is 14.5 Å². The van der Waals surface area contributed by atoms with E-state index in [1.807, 2.05) is 4.90 Å². The van der Waals surface area contributed by atoms with Gasteiger partial charge in [-0.25, -0.2) is 0 Å². The number of amides is 1. The Morgan fingerprint density at radius 1 is 1.19 bits per heavy atom. The molecule has 0 aliphatic carbocycles. The molecule has 1 aromatic carbocycles. The maximum Gasteiger partial charge on any atom is 0.270 e. The summed E-state index contributed by atoms with van der Waals surface area (Å²) in [5.41, 5.74) is 0.901. The predicted molar refractivity (Wildman–Crippen MR) is 98.1 cm³/mol. The van der Waals surface area contributed by atoms with Crippen LogP contribution in [0, 0.1) is 16.0 Å². The first-order valence-corrected chi connectivity index (χ1v) is 9.41. The van der Waals surface area contributed by atoms with Crippen molar-refractivity contribution in [3.05, 3.63) is 33.9 Å². The monoisotopic (exact) mass is 361 g/mol. The number of hydrogen-bond acceptors (Lipinski definition) is 5. The SMILES string of the molecule is COc1ccc([N+](=O)[O-])cc1CN1CCC(C(=O)N2CCCCC2)CC1. The van der Waals surface area contributed by atoms with Crippen LogP contribution in [0.5, 0.6) is 5.75 Å². The zero-order valence-corrected chi connectivity index (χ0v) is 15.4. The second-order valence-corrected chi connectivity index (χ2v) is 7.19. The quantitative estimate of drug-likeness (QED) is 0.595. The average Bonchev–Trinajstić information content (AvgIpc) is 2.68. The van der Waals surface area contributed by atoms with Crippen LogP contribution in [0.15, 0.2) is 18.2 Å². The van der Waals surface area contributed by atoms with Gasteiger partial charge in [-0.15, -0.1) is 0 Å². The zero-order valence-electron chi connectivity index (χ0n) is 15.4. The van der Waals surface area contributed by atoms with Crippen molar-refractivity contribution in [3.8, 4) is 5.75 Å². The first-order valence-electron chi connectivity index (χ1n) is 9.41. The number of hydrogen-bond donors (Lipinski definition) is 0. The molecule has 0 aromatic heterocycles. The molecule has 7 nitrogen and oxygen atoms in total. The molecule has 0 N–H and O–H groups in total. The van der Waals surface area contributed by atoms with Crippen LogP contribution in [0.4, 0.5) is 5.69 Å². The highest BCUT2D eigenvalue weighted by Gasteiger charge is 2.29. The van der Waals surface area contributed by atoms with Gasteiger partial charge in [0.1, 0.15) is 5.75 Å². The number of piperidine rings is 2. The van der Waals surface area contributed by atoms with Gasteiger partial charge < -0.3 is 9.64 Å². The van der Waals surface area contributed by atoms with Crippen molar-refractivity contribution in [1.82, 2.24) is 9.80 Å². The molecule has 2 fully saturated rings. The Labute approximate surface area is 154 Å². The third-order valence-corrected chi connectivity index (χ3v) is 5.47.